The molecule has 10 heteroatoms. The van der Waals surface area contributed by atoms with Gasteiger partial charge < -0.3 is 19.6 Å². The first kappa shape index (κ1) is 22.3. The predicted molar refractivity (Wildman–Crippen MR) is 135 cm³/mol. The second kappa shape index (κ2) is 9.46. The van der Waals surface area contributed by atoms with E-state index in [1.807, 2.05) is 59.6 Å². The zero-order chi connectivity index (χ0) is 24.5. The zero-order valence-electron chi connectivity index (χ0n) is 19.5. The molecular formula is C26H24N6O3S. The van der Waals surface area contributed by atoms with Gasteiger partial charge in [-0.2, -0.15) is 10.1 Å². The van der Waals surface area contributed by atoms with Crippen molar-refractivity contribution in [2.24, 2.45) is 0 Å². The van der Waals surface area contributed by atoms with Crippen LogP contribution in [0, 0.1) is 0 Å². The van der Waals surface area contributed by atoms with Gasteiger partial charge >= 0.3 is 6.03 Å². The van der Waals surface area contributed by atoms with E-state index in [0.717, 1.165) is 21.8 Å². The van der Waals surface area contributed by atoms with E-state index in [9.17, 15) is 4.79 Å². The molecule has 0 radical (unpaired) electrons. The van der Waals surface area contributed by atoms with Gasteiger partial charge in [0.2, 0.25) is 5.82 Å². The molecule has 0 aliphatic heterocycles. The number of amides is 2. The Labute approximate surface area is 211 Å². The number of thiophene rings is 1. The van der Waals surface area contributed by atoms with E-state index in [2.05, 4.69) is 26.8 Å². The van der Waals surface area contributed by atoms with Crippen LogP contribution in [0.25, 0.3) is 28.7 Å². The fourth-order valence-corrected chi connectivity index (χ4v) is 4.71. The van der Waals surface area contributed by atoms with Crippen LogP contribution in [0.15, 0.2) is 75.1 Å². The van der Waals surface area contributed by atoms with Gasteiger partial charge in [-0.25, -0.2) is 9.48 Å². The second-order valence-electron chi connectivity index (χ2n) is 8.73. The van der Waals surface area contributed by atoms with E-state index in [1.54, 1.807) is 23.5 Å². The first-order chi connectivity index (χ1) is 17.6. The van der Waals surface area contributed by atoms with Crippen molar-refractivity contribution in [3.05, 3.63) is 82.5 Å². The van der Waals surface area contributed by atoms with Crippen LogP contribution in [0.3, 0.4) is 0 Å². The van der Waals surface area contributed by atoms with Crippen LogP contribution in [0.2, 0.25) is 0 Å². The van der Waals surface area contributed by atoms with E-state index >= 15 is 0 Å². The molecule has 1 fully saturated rings. The third-order valence-electron chi connectivity index (χ3n) is 6.04. The van der Waals surface area contributed by atoms with Crippen LogP contribution in [0.1, 0.15) is 48.1 Å². The molecule has 0 saturated heterocycles. The molecule has 182 valence electrons. The van der Waals surface area contributed by atoms with Crippen LogP contribution < -0.4 is 10.6 Å². The Bertz CT molecular complexity index is 1480. The molecule has 1 atom stereocenters. The first-order valence-corrected chi connectivity index (χ1v) is 12.7. The van der Waals surface area contributed by atoms with Gasteiger partial charge in [0, 0.05) is 22.6 Å². The zero-order valence-corrected chi connectivity index (χ0v) is 20.4. The largest absolute Gasteiger partial charge is 0.454 e. The minimum absolute atomic E-state index is 0.0705. The summed E-state index contributed by atoms with van der Waals surface area (Å²) in [5.41, 5.74) is 2.80. The number of benzene rings is 1. The van der Waals surface area contributed by atoms with Gasteiger partial charge in [0.25, 0.3) is 5.89 Å². The average molecular weight is 501 g/mol. The highest BCUT2D eigenvalue weighted by Gasteiger charge is 2.26. The summed E-state index contributed by atoms with van der Waals surface area (Å²) < 4.78 is 13.2. The van der Waals surface area contributed by atoms with E-state index in [0.29, 0.717) is 23.3 Å². The van der Waals surface area contributed by atoms with Crippen molar-refractivity contribution < 1.29 is 13.7 Å². The van der Waals surface area contributed by atoms with Gasteiger partial charge in [-0.3, -0.25) is 0 Å². The average Bonchev–Trinajstić information content (AvgIpc) is 3.42. The van der Waals surface area contributed by atoms with Crippen molar-refractivity contribution in [1.82, 2.24) is 30.6 Å². The summed E-state index contributed by atoms with van der Waals surface area (Å²) in [7, 11) is 0. The van der Waals surface area contributed by atoms with Crippen LogP contribution in [-0.4, -0.2) is 26.0 Å². The van der Waals surface area contributed by atoms with Gasteiger partial charge in [-0.15, -0.1) is 11.3 Å². The van der Waals surface area contributed by atoms with Crippen LogP contribution in [0.4, 0.5) is 4.79 Å². The molecule has 1 aromatic carbocycles. The number of aromatic nitrogens is 4. The van der Waals surface area contributed by atoms with Crippen LogP contribution >= 0.6 is 11.3 Å². The normalized spacial score (nSPS) is 14.0. The van der Waals surface area contributed by atoms with Gasteiger partial charge in [0.15, 0.2) is 5.76 Å². The third-order valence-corrected chi connectivity index (χ3v) is 7.09. The molecule has 2 amide bonds. The summed E-state index contributed by atoms with van der Waals surface area (Å²) in [5.74, 6) is 2.30. The van der Waals surface area contributed by atoms with Crippen molar-refractivity contribution in [3.8, 4) is 28.7 Å². The van der Waals surface area contributed by atoms with Gasteiger partial charge in [0.1, 0.15) is 5.76 Å². The molecule has 5 aromatic rings. The fourth-order valence-electron chi connectivity index (χ4n) is 3.98. The number of furan rings is 1. The molecule has 9 nitrogen and oxygen atoms in total. The molecule has 1 unspecified atom stereocenters. The summed E-state index contributed by atoms with van der Waals surface area (Å²) in [4.78, 5) is 17.9. The van der Waals surface area contributed by atoms with E-state index in [1.165, 1.54) is 12.8 Å². The summed E-state index contributed by atoms with van der Waals surface area (Å²) in [5, 5.41) is 16.6. The molecule has 4 heterocycles. The van der Waals surface area contributed by atoms with Gasteiger partial charge in [0.05, 0.1) is 24.0 Å². The van der Waals surface area contributed by atoms with Crippen molar-refractivity contribution in [2.45, 2.75) is 38.3 Å². The highest BCUT2D eigenvalue weighted by molar-refractivity contribution is 7.10. The Hall–Kier alpha value is -4.18. The maximum absolute atomic E-state index is 12.2. The Kier molecular flexibility index (Phi) is 5.86. The van der Waals surface area contributed by atoms with E-state index in [4.69, 9.17) is 14.0 Å². The molecule has 2 N–H and O–H groups in total. The maximum Gasteiger partial charge on any atom is 0.315 e. The minimum Gasteiger partial charge on any atom is -0.454 e. The number of carbonyl (C=O) groups excluding carboxylic acids is 1. The molecule has 36 heavy (non-hydrogen) atoms. The minimum atomic E-state index is -0.269. The SMILES string of the molecule is CC(NC(=O)NCc1ccc(-c2nc(-c3ccccc3-n3ccc(C4CC4)n3)no2)o1)c1cccs1. The number of hydrogen-bond acceptors (Lipinski definition) is 7. The lowest BCUT2D eigenvalue weighted by Gasteiger charge is -2.12. The third kappa shape index (κ3) is 4.67. The standard InChI is InChI=1S/C26H24N6O3S/c1-16(23-7-4-14-36-23)28-26(33)27-15-18-10-11-22(34-18)25-29-24(31-35-25)19-5-2-3-6-21(19)32-13-12-20(30-32)17-8-9-17/h2-7,10-14,16-17H,8-9,15H2,1H3,(H2,27,28,33). The molecule has 0 bridgehead atoms. The number of hydrogen-bond donors (Lipinski definition) is 2. The van der Waals surface area contributed by atoms with Gasteiger partial charge in [-0.05, 0) is 61.5 Å². The summed E-state index contributed by atoms with van der Waals surface area (Å²) >= 11 is 1.60. The Balaban J connectivity index is 1.13. The molecule has 1 aliphatic carbocycles. The lowest BCUT2D eigenvalue weighted by atomic mass is 10.1. The molecule has 1 saturated carbocycles. The molecule has 4 aromatic heterocycles. The molecule has 6 rings (SSSR count). The molecular weight excluding hydrogens is 476 g/mol. The number of nitrogens with one attached hydrogen (secondary N) is 2. The van der Waals surface area contributed by atoms with Crippen molar-refractivity contribution in [3.63, 3.8) is 0 Å². The number of nitrogens with zero attached hydrogens (tertiary/aromatic N) is 4. The number of urea groups is 1. The highest BCUT2D eigenvalue weighted by Crippen LogP contribution is 2.39. The van der Waals surface area contributed by atoms with Crippen LogP contribution in [-0.2, 0) is 6.54 Å². The lowest BCUT2D eigenvalue weighted by molar-refractivity contribution is 0.236. The highest BCUT2D eigenvalue weighted by atomic mass is 32.1. The van der Waals surface area contributed by atoms with Crippen molar-refractivity contribution >= 4 is 17.4 Å². The molecule has 1 aliphatic rings. The number of rotatable bonds is 8. The van der Waals surface area contributed by atoms with E-state index in [-0.39, 0.29) is 24.5 Å². The number of para-hydroxylation sites is 1. The maximum atomic E-state index is 12.2. The fraction of sp³-hybridized carbons (Fsp3) is 0.231. The smallest absolute Gasteiger partial charge is 0.315 e. The Morgan fingerprint density at radius 2 is 2.06 bits per heavy atom. The topological polar surface area (TPSA) is 111 Å². The Morgan fingerprint density at radius 1 is 1.17 bits per heavy atom. The first-order valence-electron chi connectivity index (χ1n) is 11.8. The number of carbonyl (C=O) groups is 1. The van der Waals surface area contributed by atoms with Crippen molar-refractivity contribution in [1.29, 1.82) is 0 Å². The summed E-state index contributed by atoms with van der Waals surface area (Å²) in [6.07, 6.45) is 4.37. The quantitative estimate of drug-likeness (QED) is 0.283. The lowest BCUT2D eigenvalue weighted by Crippen LogP contribution is -2.36. The molecule has 0 spiro atoms. The van der Waals surface area contributed by atoms with E-state index < -0.39 is 0 Å². The second-order valence-corrected chi connectivity index (χ2v) is 9.71. The van der Waals surface area contributed by atoms with Crippen LogP contribution in [0.5, 0.6) is 0 Å². The van der Waals surface area contributed by atoms with Crippen molar-refractivity contribution in [2.75, 3.05) is 0 Å². The van der Waals surface area contributed by atoms with Gasteiger partial charge in [-0.1, -0.05) is 23.4 Å². The summed E-state index contributed by atoms with van der Waals surface area (Å²) in [6.45, 7) is 2.18. The summed E-state index contributed by atoms with van der Waals surface area (Å²) in [6, 6.07) is 17.0. The predicted octanol–water partition coefficient (Wildman–Crippen LogP) is 5.68. The monoisotopic (exact) mass is 500 g/mol. The Morgan fingerprint density at radius 3 is 2.89 bits per heavy atom.